The van der Waals surface area contributed by atoms with Gasteiger partial charge in [0.05, 0.1) is 68.6 Å². The van der Waals surface area contributed by atoms with Gasteiger partial charge >= 0.3 is 46.6 Å². The van der Waals surface area contributed by atoms with Crippen LogP contribution in [-0.4, -0.2) is 37.9 Å². The first-order valence-electron chi connectivity index (χ1n) is 2.46. The van der Waals surface area contributed by atoms with Gasteiger partial charge in [-0.3, -0.25) is 0 Å². The molecule has 0 radical (unpaired) electrons. The van der Waals surface area contributed by atoms with Crippen LogP contribution in [0.25, 0.3) is 0 Å². The van der Waals surface area contributed by atoms with Gasteiger partial charge in [0.15, 0.2) is 0 Å². The second kappa shape index (κ2) is 5.62. The molecule has 0 unspecified atom stereocenters. The fourth-order valence-electron chi connectivity index (χ4n) is 0.477. The summed E-state index contributed by atoms with van der Waals surface area (Å²) in [6.45, 7) is 0. The van der Waals surface area contributed by atoms with Gasteiger partial charge in [0, 0.05) is 0 Å². The normalized spacial score (nSPS) is 9.46. The average molecular weight is 531 g/mol. The van der Waals surface area contributed by atoms with Gasteiger partial charge in [-0.1, -0.05) is 0 Å². The van der Waals surface area contributed by atoms with E-state index < -0.39 is 17.1 Å². The molecule has 13 heavy (non-hydrogen) atoms. The Morgan fingerprint density at radius 3 is 1.00 bits per heavy atom. The van der Waals surface area contributed by atoms with Crippen molar-refractivity contribution in [3.63, 3.8) is 0 Å². The quantitative estimate of drug-likeness (QED) is 0.323. The van der Waals surface area contributed by atoms with Crippen LogP contribution in [0.5, 0.6) is 0 Å². The molecule has 0 aliphatic carbocycles. The fraction of sp³-hybridized carbons (Fsp3) is 0. The number of halogens is 3. The minimum atomic E-state index is -0.640. The Morgan fingerprint density at radius 2 is 0.846 bits per heavy atom. The van der Waals surface area contributed by atoms with E-state index >= 15 is 0 Å². The molecular weight excluding hydrogens is 530 g/mol. The van der Waals surface area contributed by atoms with Gasteiger partial charge in [0.25, 0.3) is 0 Å². The molecule has 0 saturated carbocycles. The van der Waals surface area contributed by atoms with Crippen molar-refractivity contribution in [3.05, 3.63) is 31.5 Å². The SMILES string of the molecule is O=c1n(I)c(=O)n(I)c(=O)n1I.[NaH]. The van der Waals surface area contributed by atoms with E-state index in [-0.39, 0.29) is 29.6 Å². The molecule has 0 fully saturated rings. The zero-order valence-corrected chi connectivity index (χ0v) is 11.7. The Labute approximate surface area is 135 Å². The van der Waals surface area contributed by atoms with Crippen LogP contribution in [0.1, 0.15) is 0 Å². The summed E-state index contributed by atoms with van der Waals surface area (Å²) in [5.41, 5.74) is -1.92. The first-order valence-corrected chi connectivity index (χ1v) is 5.36. The van der Waals surface area contributed by atoms with Crippen LogP contribution in [0, 0.1) is 0 Å². The van der Waals surface area contributed by atoms with E-state index in [4.69, 9.17) is 0 Å². The summed E-state index contributed by atoms with van der Waals surface area (Å²) in [7, 11) is 0. The van der Waals surface area contributed by atoms with Crippen LogP contribution in [-0.2, 0) is 0 Å². The number of nitrogens with zero attached hydrogens (tertiary/aromatic N) is 3. The number of hydrogen-bond donors (Lipinski definition) is 0. The average Bonchev–Trinajstić information content (AvgIpc) is 2.08. The van der Waals surface area contributed by atoms with E-state index in [1.165, 1.54) is 68.6 Å². The fourth-order valence-corrected chi connectivity index (χ4v) is 3.01. The zero-order chi connectivity index (χ0) is 9.46. The number of rotatable bonds is 0. The maximum atomic E-state index is 11.1. The molecule has 6 nitrogen and oxygen atoms in total. The van der Waals surface area contributed by atoms with Gasteiger partial charge in [-0.2, -0.15) is 8.34 Å². The van der Waals surface area contributed by atoms with Crippen LogP contribution >= 0.6 is 68.6 Å². The van der Waals surface area contributed by atoms with Crippen molar-refractivity contribution < 1.29 is 0 Å². The van der Waals surface area contributed by atoms with Crippen molar-refractivity contribution >= 4 is 98.2 Å². The summed E-state index contributed by atoms with van der Waals surface area (Å²) in [6, 6.07) is 0. The van der Waals surface area contributed by atoms with Crippen molar-refractivity contribution in [2.24, 2.45) is 0 Å². The molecule has 0 atom stereocenters. The third kappa shape index (κ3) is 2.79. The molecule has 1 rings (SSSR count). The second-order valence-electron chi connectivity index (χ2n) is 1.69. The second-order valence-corrected chi connectivity index (χ2v) is 4.58. The summed E-state index contributed by atoms with van der Waals surface area (Å²) in [5.74, 6) is 0. The Morgan fingerprint density at radius 1 is 0.692 bits per heavy atom. The maximum absolute atomic E-state index is 11.1. The molecule has 0 spiro atoms. The van der Waals surface area contributed by atoms with Crippen molar-refractivity contribution in [1.82, 2.24) is 8.34 Å². The molecule has 0 bridgehead atoms. The zero-order valence-electron chi connectivity index (χ0n) is 5.20. The molecule has 1 heterocycles. The van der Waals surface area contributed by atoms with E-state index in [9.17, 15) is 14.4 Å². The number of hydrogen-bond acceptors (Lipinski definition) is 3. The van der Waals surface area contributed by atoms with Gasteiger partial charge < -0.3 is 0 Å². The van der Waals surface area contributed by atoms with E-state index in [0.717, 1.165) is 8.34 Å². The van der Waals surface area contributed by atoms with E-state index in [2.05, 4.69) is 0 Å². The third-order valence-corrected chi connectivity index (χ3v) is 3.48. The monoisotopic (exact) mass is 531 g/mol. The van der Waals surface area contributed by atoms with Crippen LogP contribution in [0.4, 0.5) is 0 Å². The van der Waals surface area contributed by atoms with E-state index in [1.807, 2.05) is 0 Å². The molecule has 0 amide bonds. The van der Waals surface area contributed by atoms with Gasteiger partial charge in [-0.25, -0.2) is 14.4 Å². The summed E-state index contributed by atoms with van der Waals surface area (Å²) in [6.07, 6.45) is 0. The topological polar surface area (TPSA) is 66.0 Å². The van der Waals surface area contributed by atoms with Gasteiger partial charge in [-0.15, -0.1) is 0 Å². The molecule has 0 aliphatic rings. The molecule has 1 aromatic heterocycles. The predicted octanol–water partition coefficient (Wildman–Crippen LogP) is -0.883. The van der Waals surface area contributed by atoms with Crippen molar-refractivity contribution in [1.29, 1.82) is 0 Å². The van der Waals surface area contributed by atoms with Gasteiger partial charge in [0.2, 0.25) is 0 Å². The summed E-state index contributed by atoms with van der Waals surface area (Å²) >= 11 is 4.61. The van der Waals surface area contributed by atoms with E-state index in [1.54, 1.807) is 0 Å². The van der Waals surface area contributed by atoms with Crippen LogP contribution < -0.4 is 17.1 Å². The first-order chi connectivity index (χ1) is 5.46. The Balaban J connectivity index is 0.00000144. The summed E-state index contributed by atoms with van der Waals surface area (Å²) in [5, 5.41) is 0. The third-order valence-electron chi connectivity index (χ3n) is 1.01. The van der Waals surface area contributed by atoms with Crippen LogP contribution in [0.3, 0.4) is 0 Å². The van der Waals surface area contributed by atoms with Crippen molar-refractivity contribution in [2.45, 2.75) is 0 Å². The van der Waals surface area contributed by atoms with Gasteiger partial charge in [-0.05, 0) is 0 Å². The summed E-state index contributed by atoms with van der Waals surface area (Å²) < 4.78 is 2.49. The molecular formula is C3HI3N3NaO3. The molecule has 0 saturated heterocycles. The predicted molar refractivity (Wildman–Crippen MR) is 74.6 cm³/mol. The van der Waals surface area contributed by atoms with Gasteiger partial charge in [0.1, 0.15) is 0 Å². The van der Waals surface area contributed by atoms with Crippen LogP contribution in [0.15, 0.2) is 14.4 Å². The molecule has 68 valence electrons. The molecule has 0 aliphatic heterocycles. The molecule has 0 aromatic carbocycles. The number of aromatic nitrogens is 3. The first kappa shape index (κ1) is 14.6. The molecule has 1 aromatic rings. The van der Waals surface area contributed by atoms with Crippen LogP contribution in [0.2, 0.25) is 0 Å². The standard InChI is InChI=1S/C3I3N3O3.Na.H/c4-7-1(10)8(5)3(12)9(6)2(7)11;;. The Hall–Kier alpha value is 1.60. The van der Waals surface area contributed by atoms with Crippen molar-refractivity contribution in [2.75, 3.05) is 0 Å². The Bertz CT molecular complexity index is 386. The summed E-state index contributed by atoms with van der Waals surface area (Å²) in [4.78, 5) is 33.2. The molecule has 10 heteroatoms. The minimum absolute atomic E-state index is 0. The van der Waals surface area contributed by atoms with E-state index in [0.29, 0.717) is 0 Å². The molecule has 0 N–H and O–H groups in total. The van der Waals surface area contributed by atoms with Crippen molar-refractivity contribution in [3.8, 4) is 0 Å². The Kier molecular flexibility index (Phi) is 6.31.